The summed E-state index contributed by atoms with van der Waals surface area (Å²) in [6, 6.07) is 6.06. The molecule has 4 heteroatoms. The van der Waals surface area contributed by atoms with Crippen molar-refractivity contribution in [3.63, 3.8) is 0 Å². The van der Waals surface area contributed by atoms with Crippen molar-refractivity contribution in [2.45, 2.75) is 26.4 Å². The van der Waals surface area contributed by atoms with Crippen LogP contribution in [0.5, 0.6) is 0 Å². The van der Waals surface area contributed by atoms with Gasteiger partial charge in [-0.25, -0.2) is 4.68 Å². The molecule has 17 heavy (non-hydrogen) atoms. The molecule has 0 bridgehead atoms. The first-order valence-electron chi connectivity index (χ1n) is 5.58. The highest BCUT2D eigenvalue weighted by molar-refractivity contribution is 5.39. The van der Waals surface area contributed by atoms with Gasteiger partial charge < -0.3 is 5.11 Å². The van der Waals surface area contributed by atoms with E-state index in [1.54, 1.807) is 24.9 Å². The Morgan fingerprint density at radius 1 is 1.29 bits per heavy atom. The van der Waals surface area contributed by atoms with Crippen LogP contribution in [0, 0.1) is 13.8 Å². The Kier molecular flexibility index (Phi) is 2.75. The molecule has 1 aromatic carbocycles. The SMILES string of the molecule is Cc1ccc(C)c(C(C)(O)c2cnnn2C)c1. The number of hydrogen-bond donors (Lipinski definition) is 1. The molecule has 1 aromatic heterocycles. The van der Waals surface area contributed by atoms with Crippen LogP contribution >= 0.6 is 0 Å². The molecule has 0 spiro atoms. The molecule has 4 nitrogen and oxygen atoms in total. The lowest BCUT2D eigenvalue weighted by atomic mass is 9.88. The number of rotatable bonds is 2. The number of nitrogens with zero attached hydrogens (tertiary/aromatic N) is 3. The third kappa shape index (κ3) is 1.96. The third-order valence-corrected chi connectivity index (χ3v) is 3.13. The molecular formula is C13H17N3O. The smallest absolute Gasteiger partial charge is 0.130 e. The second-order valence-corrected chi connectivity index (χ2v) is 4.63. The van der Waals surface area contributed by atoms with Gasteiger partial charge in [0.2, 0.25) is 0 Å². The topological polar surface area (TPSA) is 50.9 Å². The molecule has 0 amide bonds. The Morgan fingerprint density at radius 2 is 2.00 bits per heavy atom. The first kappa shape index (κ1) is 11.8. The van der Waals surface area contributed by atoms with E-state index < -0.39 is 5.60 Å². The molecule has 1 N–H and O–H groups in total. The molecule has 0 fully saturated rings. The molecule has 90 valence electrons. The second-order valence-electron chi connectivity index (χ2n) is 4.63. The molecule has 0 aliphatic rings. The van der Waals surface area contributed by atoms with E-state index in [1.807, 2.05) is 32.0 Å². The van der Waals surface area contributed by atoms with Crippen molar-refractivity contribution in [1.82, 2.24) is 15.0 Å². The van der Waals surface area contributed by atoms with Gasteiger partial charge in [0.05, 0.1) is 11.9 Å². The van der Waals surface area contributed by atoms with Gasteiger partial charge in [-0.2, -0.15) is 0 Å². The summed E-state index contributed by atoms with van der Waals surface area (Å²) in [6.45, 7) is 5.78. The number of benzene rings is 1. The van der Waals surface area contributed by atoms with Crippen LogP contribution in [0.25, 0.3) is 0 Å². The molecule has 2 aromatic rings. The van der Waals surface area contributed by atoms with Crippen LogP contribution in [0.15, 0.2) is 24.4 Å². The summed E-state index contributed by atoms with van der Waals surface area (Å²) in [5.74, 6) is 0. The molecule has 0 aliphatic heterocycles. The van der Waals surface area contributed by atoms with Gasteiger partial charge in [0.1, 0.15) is 5.60 Å². The van der Waals surface area contributed by atoms with E-state index in [0.717, 1.165) is 16.7 Å². The zero-order valence-electron chi connectivity index (χ0n) is 10.6. The van der Waals surface area contributed by atoms with Crippen molar-refractivity contribution in [3.8, 4) is 0 Å². The largest absolute Gasteiger partial charge is 0.379 e. The summed E-state index contributed by atoms with van der Waals surface area (Å²) in [6.07, 6.45) is 1.60. The maximum Gasteiger partial charge on any atom is 0.130 e. The van der Waals surface area contributed by atoms with Crippen molar-refractivity contribution in [1.29, 1.82) is 0 Å². The van der Waals surface area contributed by atoms with Crippen LogP contribution in [0.4, 0.5) is 0 Å². The minimum atomic E-state index is -1.08. The molecule has 0 aliphatic carbocycles. The lowest BCUT2D eigenvalue weighted by Crippen LogP contribution is -2.27. The summed E-state index contributed by atoms with van der Waals surface area (Å²) in [4.78, 5) is 0. The fraction of sp³-hybridized carbons (Fsp3) is 0.385. The Hall–Kier alpha value is -1.68. The van der Waals surface area contributed by atoms with Crippen LogP contribution in [0.1, 0.15) is 29.3 Å². The standard InChI is InChI=1S/C13H17N3O/c1-9-5-6-10(2)11(7-9)13(3,17)12-8-14-15-16(12)4/h5-8,17H,1-4H3. The molecule has 2 rings (SSSR count). The first-order valence-corrected chi connectivity index (χ1v) is 5.58. The molecule has 1 heterocycles. The summed E-state index contributed by atoms with van der Waals surface area (Å²) < 4.78 is 1.60. The van der Waals surface area contributed by atoms with Crippen molar-refractivity contribution >= 4 is 0 Å². The predicted molar refractivity (Wildman–Crippen MR) is 65.6 cm³/mol. The van der Waals surface area contributed by atoms with Crippen LogP contribution in [-0.2, 0) is 12.6 Å². The minimum Gasteiger partial charge on any atom is -0.379 e. The Balaban J connectivity index is 2.59. The summed E-state index contributed by atoms with van der Waals surface area (Å²) in [5, 5.41) is 18.4. The summed E-state index contributed by atoms with van der Waals surface area (Å²) in [5.41, 5.74) is 2.69. The van der Waals surface area contributed by atoms with Gasteiger partial charge in [0.25, 0.3) is 0 Å². The average molecular weight is 231 g/mol. The van der Waals surface area contributed by atoms with Crippen LogP contribution in [0.3, 0.4) is 0 Å². The van der Waals surface area contributed by atoms with E-state index in [4.69, 9.17) is 0 Å². The second kappa shape index (κ2) is 3.96. The maximum absolute atomic E-state index is 10.7. The van der Waals surface area contributed by atoms with Gasteiger partial charge in [-0.1, -0.05) is 29.0 Å². The quantitative estimate of drug-likeness (QED) is 0.855. The lowest BCUT2D eigenvalue weighted by molar-refractivity contribution is 0.0921. The zero-order valence-corrected chi connectivity index (χ0v) is 10.6. The van der Waals surface area contributed by atoms with Gasteiger partial charge >= 0.3 is 0 Å². The van der Waals surface area contributed by atoms with E-state index in [1.165, 1.54) is 0 Å². The Morgan fingerprint density at radius 3 is 2.59 bits per heavy atom. The third-order valence-electron chi connectivity index (χ3n) is 3.13. The molecule has 0 saturated carbocycles. The highest BCUT2D eigenvalue weighted by Crippen LogP contribution is 2.30. The maximum atomic E-state index is 10.7. The van der Waals surface area contributed by atoms with Crippen molar-refractivity contribution in [2.24, 2.45) is 7.05 Å². The van der Waals surface area contributed by atoms with Gasteiger partial charge in [0.15, 0.2) is 0 Å². The normalized spacial score (nSPS) is 14.6. The van der Waals surface area contributed by atoms with Crippen LogP contribution in [-0.4, -0.2) is 20.1 Å². The highest BCUT2D eigenvalue weighted by atomic mass is 16.3. The number of aliphatic hydroxyl groups is 1. The number of aromatic nitrogens is 3. The van der Waals surface area contributed by atoms with E-state index >= 15 is 0 Å². The van der Waals surface area contributed by atoms with Crippen molar-refractivity contribution in [2.75, 3.05) is 0 Å². The highest BCUT2D eigenvalue weighted by Gasteiger charge is 2.30. The van der Waals surface area contributed by atoms with Gasteiger partial charge in [-0.15, -0.1) is 5.10 Å². The van der Waals surface area contributed by atoms with Crippen molar-refractivity contribution in [3.05, 3.63) is 46.8 Å². The van der Waals surface area contributed by atoms with Crippen LogP contribution < -0.4 is 0 Å². The number of hydrogen-bond acceptors (Lipinski definition) is 3. The lowest BCUT2D eigenvalue weighted by Gasteiger charge is -2.25. The fourth-order valence-electron chi connectivity index (χ4n) is 2.13. The zero-order chi connectivity index (χ0) is 12.6. The van der Waals surface area contributed by atoms with E-state index in [9.17, 15) is 5.11 Å². The Labute approximate surface area is 101 Å². The van der Waals surface area contributed by atoms with Crippen LogP contribution in [0.2, 0.25) is 0 Å². The van der Waals surface area contributed by atoms with Gasteiger partial charge in [0, 0.05) is 7.05 Å². The predicted octanol–water partition coefficient (Wildman–Crippen LogP) is 1.69. The Bertz CT molecular complexity index is 543. The monoisotopic (exact) mass is 231 g/mol. The molecule has 1 unspecified atom stereocenters. The summed E-state index contributed by atoms with van der Waals surface area (Å²) >= 11 is 0. The summed E-state index contributed by atoms with van der Waals surface area (Å²) in [7, 11) is 1.78. The van der Waals surface area contributed by atoms with Gasteiger partial charge in [-0.05, 0) is 31.9 Å². The first-order chi connectivity index (χ1) is 7.93. The van der Waals surface area contributed by atoms with E-state index in [2.05, 4.69) is 10.3 Å². The number of aryl methyl sites for hydroxylation is 3. The van der Waals surface area contributed by atoms with Crippen molar-refractivity contribution < 1.29 is 5.11 Å². The molecular weight excluding hydrogens is 214 g/mol. The fourth-order valence-corrected chi connectivity index (χ4v) is 2.13. The van der Waals surface area contributed by atoms with E-state index in [0.29, 0.717) is 5.69 Å². The average Bonchev–Trinajstić information content (AvgIpc) is 2.68. The molecule has 1 atom stereocenters. The van der Waals surface area contributed by atoms with E-state index in [-0.39, 0.29) is 0 Å². The molecule has 0 radical (unpaired) electrons. The minimum absolute atomic E-state index is 0.686. The van der Waals surface area contributed by atoms with Gasteiger partial charge in [-0.3, -0.25) is 0 Å². The molecule has 0 saturated heterocycles.